The van der Waals surface area contributed by atoms with Crippen molar-refractivity contribution in [3.8, 4) is 0 Å². The van der Waals surface area contributed by atoms with Crippen LogP contribution in [0.3, 0.4) is 0 Å². The van der Waals surface area contributed by atoms with Gasteiger partial charge in [-0.1, -0.05) is 60.7 Å². The maximum atomic E-state index is 5.74. The Hall–Kier alpha value is -1.64. The summed E-state index contributed by atoms with van der Waals surface area (Å²) in [6, 6.07) is 20.7. The molecule has 2 nitrogen and oxygen atoms in total. The lowest BCUT2D eigenvalue weighted by atomic mass is 9.86. The second-order valence-corrected chi connectivity index (χ2v) is 4.50. The van der Waals surface area contributed by atoms with Gasteiger partial charge < -0.3 is 0 Å². The van der Waals surface area contributed by atoms with E-state index in [-0.39, 0.29) is 5.54 Å². The van der Waals surface area contributed by atoms with Gasteiger partial charge in [0, 0.05) is 0 Å². The van der Waals surface area contributed by atoms with Gasteiger partial charge in [0.1, 0.15) is 0 Å². The summed E-state index contributed by atoms with van der Waals surface area (Å²) in [4.78, 5) is 0. The quantitative estimate of drug-likeness (QED) is 0.621. The van der Waals surface area contributed by atoms with Gasteiger partial charge in [-0.15, -0.1) is 0 Å². The highest BCUT2D eigenvalue weighted by Gasteiger charge is 2.24. The smallest absolute Gasteiger partial charge is 0.0581 e. The Kier molecular flexibility index (Phi) is 3.57. The first-order valence-corrected chi connectivity index (χ1v) is 5.82. The molecule has 2 aromatic carbocycles. The average molecular weight is 226 g/mol. The summed E-state index contributed by atoms with van der Waals surface area (Å²) in [6.45, 7) is 2.12. The van der Waals surface area contributed by atoms with Gasteiger partial charge >= 0.3 is 0 Å². The molecule has 0 aliphatic heterocycles. The molecule has 2 aromatic rings. The van der Waals surface area contributed by atoms with Crippen LogP contribution in [0.5, 0.6) is 0 Å². The summed E-state index contributed by atoms with van der Waals surface area (Å²) >= 11 is 0. The lowest BCUT2D eigenvalue weighted by molar-refractivity contribution is 0.371. The lowest BCUT2D eigenvalue weighted by Crippen LogP contribution is -2.45. The molecule has 0 aliphatic carbocycles. The van der Waals surface area contributed by atoms with Crippen LogP contribution in [0.15, 0.2) is 60.7 Å². The molecule has 0 radical (unpaired) electrons. The normalized spacial score (nSPS) is 14.2. The zero-order valence-corrected chi connectivity index (χ0v) is 10.1. The summed E-state index contributed by atoms with van der Waals surface area (Å²) in [6.07, 6.45) is 0.869. The molecule has 0 amide bonds. The Balaban J connectivity index is 2.27. The van der Waals surface area contributed by atoms with Gasteiger partial charge in [-0.3, -0.25) is 5.84 Å². The third-order valence-electron chi connectivity index (χ3n) is 3.13. The third-order valence-corrected chi connectivity index (χ3v) is 3.13. The maximum absolute atomic E-state index is 5.74. The molecule has 0 aliphatic rings. The van der Waals surface area contributed by atoms with E-state index in [0.717, 1.165) is 6.42 Å². The summed E-state index contributed by atoms with van der Waals surface area (Å²) in [5.41, 5.74) is 5.18. The minimum Gasteiger partial charge on any atom is -0.271 e. The largest absolute Gasteiger partial charge is 0.271 e. The van der Waals surface area contributed by atoms with Crippen LogP contribution in [0.2, 0.25) is 0 Å². The van der Waals surface area contributed by atoms with Gasteiger partial charge in [-0.2, -0.15) is 0 Å². The Morgan fingerprint density at radius 3 is 2.00 bits per heavy atom. The van der Waals surface area contributed by atoms with Crippen molar-refractivity contribution >= 4 is 0 Å². The third kappa shape index (κ3) is 2.73. The first-order valence-electron chi connectivity index (χ1n) is 5.82. The fourth-order valence-electron chi connectivity index (χ4n) is 2.05. The molecule has 0 saturated carbocycles. The first kappa shape index (κ1) is 11.8. The fourth-order valence-corrected chi connectivity index (χ4v) is 2.05. The van der Waals surface area contributed by atoms with Gasteiger partial charge in [0.05, 0.1) is 5.54 Å². The van der Waals surface area contributed by atoms with E-state index in [1.807, 2.05) is 24.3 Å². The topological polar surface area (TPSA) is 38.0 Å². The highest BCUT2D eigenvalue weighted by atomic mass is 15.3. The first-order chi connectivity index (χ1) is 8.24. The van der Waals surface area contributed by atoms with Crippen molar-refractivity contribution in [2.24, 2.45) is 5.84 Å². The zero-order chi connectivity index (χ0) is 12.1. The summed E-state index contributed by atoms with van der Waals surface area (Å²) in [7, 11) is 0. The van der Waals surface area contributed by atoms with Gasteiger partial charge in [0.25, 0.3) is 0 Å². The number of hydrogen-bond acceptors (Lipinski definition) is 2. The van der Waals surface area contributed by atoms with Crippen molar-refractivity contribution in [2.45, 2.75) is 18.9 Å². The minimum absolute atomic E-state index is 0.234. The number of hydrogen-bond donors (Lipinski definition) is 2. The molecule has 0 saturated heterocycles. The second-order valence-electron chi connectivity index (χ2n) is 4.50. The van der Waals surface area contributed by atoms with Crippen LogP contribution < -0.4 is 11.3 Å². The highest BCUT2D eigenvalue weighted by Crippen LogP contribution is 2.24. The molecular formula is C15H18N2. The number of nitrogens with two attached hydrogens (primary N) is 1. The molecule has 2 heteroatoms. The fraction of sp³-hybridized carbons (Fsp3) is 0.200. The molecule has 0 aromatic heterocycles. The van der Waals surface area contributed by atoms with Crippen molar-refractivity contribution in [3.05, 3.63) is 71.8 Å². The van der Waals surface area contributed by atoms with Crippen LogP contribution in [0.4, 0.5) is 0 Å². The number of rotatable bonds is 4. The van der Waals surface area contributed by atoms with E-state index in [1.165, 1.54) is 11.1 Å². The predicted molar refractivity (Wildman–Crippen MR) is 71.3 cm³/mol. The van der Waals surface area contributed by atoms with E-state index in [0.29, 0.717) is 0 Å². The standard InChI is InChI=1S/C15H18N2/c1-15(17-16,14-10-6-3-7-11-14)12-13-8-4-2-5-9-13/h2-11,17H,12,16H2,1H3. The molecule has 3 N–H and O–H groups in total. The summed E-state index contributed by atoms with van der Waals surface area (Å²) in [5, 5.41) is 0. The average Bonchev–Trinajstić information content (AvgIpc) is 2.41. The van der Waals surface area contributed by atoms with E-state index in [1.54, 1.807) is 0 Å². The van der Waals surface area contributed by atoms with Crippen molar-refractivity contribution in [1.29, 1.82) is 0 Å². The van der Waals surface area contributed by atoms with Crippen molar-refractivity contribution in [2.75, 3.05) is 0 Å². The van der Waals surface area contributed by atoms with Crippen LogP contribution in [0.1, 0.15) is 18.1 Å². The summed E-state index contributed by atoms with van der Waals surface area (Å²) in [5.74, 6) is 5.74. The van der Waals surface area contributed by atoms with Crippen molar-refractivity contribution in [1.82, 2.24) is 5.43 Å². The molecular weight excluding hydrogens is 208 g/mol. The molecule has 1 unspecified atom stereocenters. The second kappa shape index (κ2) is 5.13. The molecule has 1 atom stereocenters. The van der Waals surface area contributed by atoms with Crippen LogP contribution in [-0.2, 0) is 12.0 Å². The Labute approximate surface area is 102 Å². The van der Waals surface area contributed by atoms with E-state index >= 15 is 0 Å². The minimum atomic E-state index is -0.234. The van der Waals surface area contributed by atoms with Crippen molar-refractivity contribution < 1.29 is 0 Å². The Morgan fingerprint density at radius 2 is 1.47 bits per heavy atom. The molecule has 2 rings (SSSR count). The van der Waals surface area contributed by atoms with Gasteiger partial charge in [0.2, 0.25) is 0 Å². The molecule has 0 heterocycles. The predicted octanol–water partition coefficient (Wildman–Crippen LogP) is 2.61. The van der Waals surface area contributed by atoms with Gasteiger partial charge in [-0.25, -0.2) is 5.43 Å². The maximum Gasteiger partial charge on any atom is 0.0581 e. The number of nitrogens with one attached hydrogen (secondary N) is 1. The van der Waals surface area contributed by atoms with E-state index < -0.39 is 0 Å². The molecule has 0 bridgehead atoms. The van der Waals surface area contributed by atoms with E-state index in [9.17, 15) is 0 Å². The van der Waals surface area contributed by atoms with Crippen LogP contribution in [0.25, 0.3) is 0 Å². The van der Waals surface area contributed by atoms with Crippen LogP contribution in [-0.4, -0.2) is 0 Å². The molecule has 88 valence electrons. The van der Waals surface area contributed by atoms with Crippen molar-refractivity contribution in [3.63, 3.8) is 0 Å². The number of hydrazine groups is 1. The van der Waals surface area contributed by atoms with E-state index in [2.05, 4.69) is 48.7 Å². The monoisotopic (exact) mass is 226 g/mol. The lowest BCUT2D eigenvalue weighted by Gasteiger charge is -2.29. The Bertz CT molecular complexity index is 453. The van der Waals surface area contributed by atoms with Gasteiger partial charge in [0.15, 0.2) is 0 Å². The Morgan fingerprint density at radius 1 is 0.941 bits per heavy atom. The summed E-state index contributed by atoms with van der Waals surface area (Å²) < 4.78 is 0. The SMILES string of the molecule is CC(Cc1ccccc1)(NN)c1ccccc1. The van der Waals surface area contributed by atoms with E-state index in [4.69, 9.17) is 5.84 Å². The van der Waals surface area contributed by atoms with Crippen LogP contribution >= 0.6 is 0 Å². The molecule has 0 fully saturated rings. The number of benzene rings is 2. The van der Waals surface area contributed by atoms with Crippen LogP contribution in [0, 0.1) is 0 Å². The molecule has 17 heavy (non-hydrogen) atoms. The van der Waals surface area contributed by atoms with Gasteiger partial charge in [-0.05, 0) is 24.5 Å². The highest BCUT2D eigenvalue weighted by molar-refractivity contribution is 5.27. The molecule has 0 spiro atoms. The zero-order valence-electron chi connectivity index (χ0n) is 10.1.